The van der Waals surface area contributed by atoms with Crippen molar-refractivity contribution in [1.29, 1.82) is 0 Å². The van der Waals surface area contributed by atoms with Gasteiger partial charge in [0.1, 0.15) is 6.54 Å². The summed E-state index contributed by atoms with van der Waals surface area (Å²) >= 11 is 0. The molecule has 1 aromatic carbocycles. The third-order valence-electron chi connectivity index (χ3n) is 4.71. The van der Waals surface area contributed by atoms with Crippen LogP contribution in [0.1, 0.15) is 62.2 Å². The van der Waals surface area contributed by atoms with Crippen molar-refractivity contribution in [3.63, 3.8) is 0 Å². The Morgan fingerprint density at radius 2 is 1.71 bits per heavy atom. The van der Waals surface area contributed by atoms with Gasteiger partial charge in [-0.25, -0.2) is 0 Å². The molecule has 0 saturated heterocycles. The van der Waals surface area contributed by atoms with E-state index in [2.05, 4.69) is 10.6 Å². The fourth-order valence-electron chi connectivity index (χ4n) is 3.14. The van der Waals surface area contributed by atoms with Gasteiger partial charge in [0.2, 0.25) is 11.8 Å². The lowest BCUT2D eigenvalue weighted by molar-refractivity contribution is -0.143. The first kappa shape index (κ1) is 21.6. The molecule has 1 saturated carbocycles. The maximum atomic E-state index is 12.1. The number of carbonyl (C=O) groups excluding carboxylic acids is 4. The van der Waals surface area contributed by atoms with E-state index in [9.17, 15) is 19.2 Å². The fraction of sp³-hybridized carbons (Fsp3) is 0.524. The second kappa shape index (κ2) is 11.2. The van der Waals surface area contributed by atoms with Crippen LogP contribution < -0.4 is 10.6 Å². The lowest BCUT2D eigenvalue weighted by atomic mass is 9.89. The van der Waals surface area contributed by atoms with Crippen molar-refractivity contribution in [1.82, 2.24) is 5.32 Å². The van der Waals surface area contributed by atoms with E-state index < -0.39 is 5.97 Å². The van der Waals surface area contributed by atoms with Crippen molar-refractivity contribution in [2.45, 2.75) is 51.9 Å². The average molecular weight is 388 g/mol. The molecular weight excluding hydrogens is 360 g/mol. The molecule has 0 aromatic heterocycles. The minimum atomic E-state index is -0.638. The molecule has 1 aliphatic rings. The van der Waals surface area contributed by atoms with Gasteiger partial charge < -0.3 is 15.4 Å². The van der Waals surface area contributed by atoms with Gasteiger partial charge in [-0.3, -0.25) is 19.2 Å². The van der Waals surface area contributed by atoms with Crippen molar-refractivity contribution in [3.05, 3.63) is 29.8 Å². The standard InChI is InChI=1S/C21H28N2O5/c1-2-6-19(25)23-17-11-9-15(10-12-17)18(24)14-28-20(26)13-22-21(27)16-7-4-3-5-8-16/h9-12,16H,2-8,13-14H2,1H3,(H,22,27)(H,23,25). The quantitative estimate of drug-likeness (QED) is 0.500. The molecule has 1 aliphatic carbocycles. The number of hydrogen-bond donors (Lipinski definition) is 2. The molecule has 0 spiro atoms. The van der Waals surface area contributed by atoms with Crippen molar-refractivity contribution in [2.24, 2.45) is 5.92 Å². The smallest absolute Gasteiger partial charge is 0.325 e. The Labute approximate surface area is 165 Å². The van der Waals surface area contributed by atoms with Gasteiger partial charge in [-0.15, -0.1) is 0 Å². The molecule has 0 unspecified atom stereocenters. The zero-order valence-corrected chi connectivity index (χ0v) is 16.3. The van der Waals surface area contributed by atoms with E-state index in [1.807, 2.05) is 6.92 Å². The number of ether oxygens (including phenoxy) is 1. The van der Waals surface area contributed by atoms with E-state index in [0.717, 1.165) is 38.5 Å². The summed E-state index contributed by atoms with van der Waals surface area (Å²) in [7, 11) is 0. The number of benzene rings is 1. The largest absolute Gasteiger partial charge is 0.456 e. The average Bonchev–Trinajstić information content (AvgIpc) is 2.71. The molecule has 7 nitrogen and oxygen atoms in total. The highest BCUT2D eigenvalue weighted by molar-refractivity contribution is 5.99. The van der Waals surface area contributed by atoms with E-state index in [1.165, 1.54) is 0 Å². The second-order valence-corrected chi connectivity index (χ2v) is 7.01. The van der Waals surface area contributed by atoms with Crippen LogP contribution in [0.5, 0.6) is 0 Å². The third kappa shape index (κ3) is 7.13. The van der Waals surface area contributed by atoms with Crippen LogP contribution in [0.25, 0.3) is 0 Å². The van der Waals surface area contributed by atoms with Crippen LogP contribution in [0.3, 0.4) is 0 Å². The Morgan fingerprint density at radius 1 is 1.04 bits per heavy atom. The lowest BCUT2D eigenvalue weighted by Gasteiger charge is -2.20. The van der Waals surface area contributed by atoms with E-state index in [-0.39, 0.29) is 36.7 Å². The molecule has 0 radical (unpaired) electrons. The molecule has 2 amide bonds. The first-order valence-electron chi connectivity index (χ1n) is 9.86. The first-order valence-corrected chi connectivity index (χ1v) is 9.86. The Bertz CT molecular complexity index is 693. The molecule has 152 valence electrons. The van der Waals surface area contributed by atoms with E-state index in [4.69, 9.17) is 4.74 Å². The van der Waals surface area contributed by atoms with Crippen LogP contribution in [0.15, 0.2) is 24.3 Å². The lowest BCUT2D eigenvalue weighted by Crippen LogP contribution is -2.36. The van der Waals surface area contributed by atoms with Gasteiger partial charge in [-0.1, -0.05) is 26.2 Å². The van der Waals surface area contributed by atoms with Crippen molar-refractivity contribution >= 4 is 29.3 Å². The topological polar surface area (TPSA) is 102 Å². The molecule has 0 bridgehead atoms. The molecule has 0 heterocycles. The fourth-order valence-corrected chi connectivity index (χ4v) is 3.14. The summed E-state index contributed by atoms with van der Waals surface area (Å²) in [5, 5.41) is 5.32. The second-order valence-electron chi connectivity index (χ2n) is 7.01. The Hall–Kier alpha value is -2.70. The Morgan fingerprint density at radius 3 is 2.36 bits per heavy atom. The van der Waals surface area contributed by atoms with Gasteiger partial charge in [0.25, 0.3) is 0 Å². The van der Waals surface area contributed by atoms with Crippen LogP contribution in [-0.4, -0.2) is 36.7 Å². The van der Waals surface area contributed by atoms with Crippen LogP contribution >= 0.6 is 0 Å². The number of carbonyl (C=O) groups is 4. The number of anilines is 1. The molecule has 0 aliphatic heterocycles. The maximum absolute atomic E-state index is 12.1. The molecule has 7 heteroatoms. The molecule has 1 aromatic rings. The summed E-state index contributed by atoms with van der Waals surface area (Å²) in [6.07, 6.45) is 6.14. The van der Waals surface area contributed by atoms with Crippen LogP contribution in [0.4, 0.5) is 5.69 Å². The minimum Gasteiger partial charge on any atom is -0.456 e. The van der Waals surface area contributed by atoms with Gasteiger partial charge in [0.05, 0.1) is 0 Å². The van der Waals surface area contributed by atoms with Gasteiger partial charge in [-0.05, 0) is 43.5 Å². The summed E-state index contributed by atoms with van der Waals surface area (Å²) in [5.41, 5.74) is 0.991. The zero-order chi connectivity index (χ0) is 20.4. The van der Waals surface area contributed by atoms with Crippen molar-refractivity contribution in [3.8, 4) is 0 Å². The van der Waals surface area contributed by atoms with Gasteiger partial charge in [0, 0.05) is 23.6 Å². The third-order valence-corrected chi connectivity index (χ3v) is 4.71. The monoisotopic (exact) mass is 388 g/mol. The maximum Gasteiger partial charge on any atom is 0.325 e. The summed E-state index contributed by atoms with van der Waals surface area (Å²) in [4.78, 5) is 47.4. The number of amides is 2. The van der Waals surface area contributed by atoms with E-state index >= 15 is 0 Å². The van der Waals surface area contributed by atoms with Crippen molar-refractivity contribution < 1.29 is 23.9 Å². The number of rotatable bonds is 9. The Kier molecular flexibility index (Phi) is 8.65. The molecule has 1 fully saturated rings. The molecule has 0 atom stereocenters. The van der Waals surface area contributed by atoms with Crippen LogP contribution in [0.2, 0.25) is 0 Å². The van der Waals surface area contributed by atoms with Gasteiger partial charge in [0.15, 0.2) is 12.4 Å². The summed E-state index contributed by atoms with van der Waals surface area (Å²) in [6, 6.07) is 6.41. The van der Waals surface area contributed by atoms with Crippen molar-refractivity contribution in [2.75, 3.05) is 18.5 Å². The van der Waals surface area contributed by atoms with Crippen LogP contribution in [-0.2, 0) is 19.1 Å². The normalized spacial score (nSPS) is 14.2. The predicted octanol–water partition coefficient (Wildman–Crippen LogP) is 2.85. The highest BCUT2D eigenvalue weighted by Crippen LogP contribution is 2.23. The number of ketones is 1. The first-order chi connectivity index (χ1) is 13.5. The van der Waals surface area contributed by atoms with Crippen LogP contribution in [0, 0.1) is 5.92 Å². The predicted molar refractivity (Wildman–Crippen MR) is 105 cm³/mol. The van der Waals surface area contributed by atoms with E-state index in [0.29, 0.717) is 17.7 Å². The van der Waals surface area contributed by atoms with Gasteiger partial charge >= 0.3 is 5.97 Å². The van der Waals surface area contributed by atoms with Gasteiger partial charge in [-0.2, -0.15) is 0 Å². The number of hydrogen-bond acceptors (Lipinski definition) is 5. The molecule has 28 heavy (non-hydrogen) atoms. The molecule has 2 N–H and O–H groups in total. The summed E-state index contributed by atoms with van der Waals surface area (Å²) in [5.74, 6) is -1.21. The molecular formula is C21H28N2O5. The SMILES string of the molecule is CCCC(=O)Nc1ccc(C(=O)COC(=O)CNC(=O)C2CCCCC2)cc1. The number of esters is 1. The van der Waals surface area contributed by atoms with E-state index in [1.54, 1.807) is 24.3 Å². The summed E-state index contributed by atoms with van der Waals surface area (Å²) in [6.45, 7) is 1.30. The number of nitrogens with one attached hydrogen (secondary N) is 2. The highest BCUT2D eigenvalue weighted by atomic mass is 16.5. The number of Topliss-reactive ketones (excluding diaryl/α,β-unsaturated/α-hetero) is 1. The summed E-state index contributed by atoms with van der Waals surface area (Å²) < 4.78 is 4.95. The molecule has 2 rings (SSSR count). The zero-order valence-electron chi connectivity index (χ0n) is 16.3. The highest BCUT2D eigenvalue weighted by Gasteiger charge is 2.21. The Balaban J connectivity index is 1.71. The minimum absolute atomic E-state index is 0.0282.